The molecule has 3 rings (SSSR count). The second-order valence-electron chi connectivity index (χ2n) is 4.47. The van der Waals surface area contributed by atoms with Gasteiger partial charge in [0.1, 0.15) is 11.3 Å². The van der Waals surface area contributed by atoms with Crippen LogP contribution in [0.1, 0.15) is 11.8 Å². The van der Waals surface area contributed by atoms with E-state index in [0.717, 1.165) is 20.9 Å². The van der Waals surface area contributed by atoms with Gasteiger partial charge in [-0.05, 0) is 30.6 Å². The number of furan rings is 1. The lowest BCUT2D eigenvalue weighted by atomic mass is 10.2. The molecule has 0 aliphatic carbocycles. The van der Waals surface area contributed by atoms with Crippen LogP contribution in [0.5, 0.6) is 0 Å². The third-order valence-electron chi connectivity index (χ3n) is 3.17. The summed E-state index contributed by atoms with van der Waals surface area (Å²) in [7, 11) is 0.856. The van der Waals surface area contributed by atoms with E-state index in [1.54, 1.807) is 0 Å². The number of fused-ring (bicyclic) bond motifs is 1. The standard InChI is InChI=1S/C15H15NO2S2/c1-16-12(10-20(17)15-7-4-8-19-15)14-9-11-5-2-3-6-13(11)18-14/h2-9,12,16H,10H2,1H3. The lowest BCUT2D eigenvalue weighted by molar-refractivity contribution is 0.476. The Morgan fingerprint density at radius 3 is 2.85 bits per heavy atom. The molecular weight excluding hydrogens is 290 g/mol. The lowest BCUT2D eigenvalue weighted by Crippen LogP contribution is -2.22. The zero-order valence-electron chi connectivity index (χ0n) is 11.0. The van der Waals surface area contributed by atoms with Gasteiger partial charge >= 0.3 is 0 Å². The molecule has 20 heavy (non-hydrogen) atoms. The second kappa shape index (κ2) is 5.91. The van der Waals surface area contributed by atoms with E-state index in [0.29, 0.717) is 5.75 Å². The zero-order chi connectivity index (χ0) is 13.9. The normalized spacial score (nSPS) is 14.4. The molecule has 2 aromatic heterocycles. The van der Waals surface area contributed by atoms with Crippen LogP contribution in [-0.2, 0) is 10.8 Å². The summed E-state index contributed by atoms with van der Waals surface area (Å²) < 4.78 is 19.1. The predicted octanol–water partition coefficient (Wildman–Crippen LogP) is 3.56. The van der Waals surface area contributed by atoms with Crippen molar-refractivity contribution in [3.63, 3.8) is 0 Å². The first-order valence-electron chi connectivity index (χ1n) is 6.35. The van der Waals surface area contributed by atoms with Crippen LogP contribution in [0.25, 0.3) is 11.0 Å². The average Bonchev–Trinajstić information content (AvgIpc) is 3.12. The van der Waals surface area contributed by atoms with Crippen molar-refractivity contribution in [2.75, 3.05) is 12.8 Å². The van der Waals surface area contributed by atoms with E-state index in [1.165, 1.54) is 11.3 Å². The summed E-state index contributed by atoms with van der Waals surface area (Å²) in [6, 6.07) is 13.7. The van der Waals surface area contributed by atoms with E-state index in [2.05, 4.69) is 5.32 Å². The molecule has 2 atom stereocenters. The van der Waals surface area contributed by atoms with Crippen molar-refractivity contribution < 1.29 is 8.63 Å². The van der Waals surface area contributed by atoms with Gasteiger partial charge in [0.2, 0.25) is 0 Å². The summed E-state index contributed by atoms with van der Waals surface area (Å²) in [4.78, 5) is 0. The van der Waals surface area contributed by atoms with Crippen molar-refractivity contribution in [1.29, 1.82) is 0 Å². The highest BCUT2D eigenvalue weighted by Gasteiger charge is 2.18. The first-order chi connectivity index (χ1) is 9.78. The molecule has 0 amide bonds. The number of para-hydroxylation sites is 1. The lowest BCUT2D eigenvalue weighted by Gasteiger charge is -2.12. The van der Waals surface area contributed by atoms with Gasteiger partial charge in [0.05, 0.1) is 26.8 Å². The van der Waals surface area contributed by atoms with Crippen LogP contribution in [0.4, 0.5) is 0 Å². The van der Waals surface area contributed by atoms with E-state index in [1.807, 2.05) is 54.9 Å². The van der Waals surface area contributed by atoms with Crippen LogP contribution >= 0.6 is 11.3 Å². The fourth-order valence-electron chi connectivity index (χ4n) is 2.11. The van der Waals surface area contributed by atoms with Crippen molar-refractivity contribution in [3.8, 4) is 0 Å². The minimum absolute atomic E-state index is 0.0506. The third-order valence-corrected chi connectivity index (χ3v) is 5.90. The second-order valence-corrected chi connectivity index (χ2v) is 7.14. The van der Waals surface area contributed by atoms with Crippen LogP contribution < -0.4 is 5.32 Å². The van der Waals surface area contributed by atoms with E-state index < -0.39 is 10.8 Å². The van der Waals surface area contributed by atoms with E-state index in [-0.39, 0.29) is 6.04 Å². The van der Waals surface area contributed by atoms with Gasteiger partial charge in [0, 0.05) is 5.39 Å². The zero-order valence-corrected chi connectivity index (χ0v) is 12.7. The molecule has 3 nitrogen and oxygen atoms in total. The van der Waals surface area contributed by atoms with Crippen LogP contribution in [-0.4, -0.2) is 17.0 Å². The SMILES string of the molecule is CNC(CS(=O)c1cccs1)c1cc2ccccc2o1. The van der Waals surface area contributed by atoms with Crippen molar-refractivity contribution in [2.45, 2.75) is 10.3 Å². The highest BCUT2D eigenvalue weighted by Crippen LogP contribution is 2.26. The van der Waals surface area contributed by atoms with Crippen molar-refractivity contribution in [2.24, 2.45) is 0 Å². The van der Waals surface area contributed by atoms with Crippen LogP contribution in [0, 0.1) is 0 Å². The molecule has 0 aliphatic heterocycles. The van der Waals surface area contributed by atoms with Gasteiger partial charge in [0.15, 0.2) is 0 Å². The van der Waals surface area contributed by atoms with Crippen LogP contribution in [0.2, 0.25) is 0 Å². The number of hydrogen-bond donors (Lipinski definition) is 1. The van der Waals surface area contributed by atoms with Gasteiger partial charge in [-0.1, -0.05) is 24.3 Å². The number of hydrogen-bond acceptors (Lipinski definition) is 4. The van der Waals surface area contributed by atoms with Gasteiger partial charge in [-0.15, -0.1) is 11.3 Å². The summed E-state index contributed by atoms with van der Waals surface area (Å²) >= 11 is 1.53. The Morgan fingerprint density at radius 2 is 2.15 bits per heavy atom. The van der Waals surface area contributed by atoms with Gasteiger partial charge in [-0.25, -0.2) is 0 Å². The first kappa shape index (κ1) is 13.5. The Morgan fingerprint density at radius 1 is 1.30 bits per heavy atom. The van der Waals surface area contributed by atoms with E-state index in [4.69, 9.17) is 4.42 Å². The van der Waals surface area contributed by atoms with Crippen molar-refractivity contribution in [1.82, 2.24) is 5.32 Å². The molecule has 2 heterocycles. The summed E-state index contributed by atoms with van der Waals surface area (Å²) in [5.41, 5.74) is 0.865. The van der Waals surface area contributed by atoms with E-state index in [9.17, 15) is 4.21 Å². The monoisotopic (exact) mass is 305 g/mol. The first-order valence-corrected chi connectivity index (χ1v) is 8.55. The molecular formula is C15H15NO2S2. The molecule has 0 bridgehead atoms. The van der Waals surface area contributed by atoms with Gasteiger partial charge in [0.25, 0.3) is 0 Å². The molecule has 3 aromatic rings. The Hall–Kier alpha value is -1.43. The minimum atomic E-state index is -1.01. The number of nitrogens with one attached hydrogen (secondary N) is 1. The fourth-order valence-corrected chi connectivity index (χ4v) is 4.39. The molecule has 5 heteroatoms. The topological polar surface area (TPSA) is 42.2 Å². The third kappa shape index (κ3) is 2.70. The smallest absolute Gasteiger partial charge is 0.134 e. The number of benzene rings is 1. The molecule has 0 fully saturated rings. The highest BCUT2D eigenvalue weighted by atomic mass is 32.2. The maximum Gasteiger partial charge on any atom is 0.134 e. The molecule has 1 aromatic carbocycles. The quantitative estimate of drug-likeness (QED) is 0.783. The minimum Gasteiger partial charge on any atom is -0.459 e. The maximum absolute atomic E-state index is 12.3. The average molecular weight is 305 g/mol. The van der Waals surface area contributed by atoms with Crippen molar-refractivity contribution >= 4 is 33.1 Å². The summed E-state index contributed by atoms with van der Waals surface area (Å²) in [6.07, 6.45) is 0. The maximum atomic E-state index is 12.3. The van der Waals surface area contributed by atoms with Crippen molar-refractivity contribution in [3.05, 3.63) is 53.6 Å². The number of thiophene rings is 1. The van der Waals surface area contributed by atoms with E-state index >= 15 is 0 Å². The summed E-state index contributed by atoms with van der Waals surface area (Å²) in [5, 5.41) is 6.21. The molecule has 1 N–H and O–H groups in total. The fraction of sp³-hybridized carbons (Fsp3) is 0.200. The Bertz CT molecular complexity index is 685. The molecule has 0 spiro atoms. The summed E-state index contributed by atoms with van der Waals surface area (Å²) in [6.45, 7) is 0. The summed E-state index contributed by atoms with van der Waals surface area (Å²) in [5.74, 6) is 1.34. The molecule has 104 valence electrons. The van der Waals surface area contributed by atoms with Gasteiger partial charge < -0.3 is 9.73 Å². The Labute approximate surface area is 124 Å². The molecule has 2 unspecified atom stereocenters. The van der Waals surface area contributed by atoms with Gasteiger partial charge in [-0.2, -0.15) is 0 Å². The molecule has 0 saturated heterocycles. The largest absolute Gasteiger partial charge is 0.459 e. The molecule has 0 saturated carbocycles. The number of rotatable bonds is 5. The molecule has 0 radical (unpaired) electrons. The Balaban J connectivity index is 1.84. The molecule has 0 aliphatic rings. The highest BCUT2D eigenvalue weighted by molar-refractivity contribution is 7.87. The van der Waals surface area contributed by atoms with Gasteiger partial charge in [-0.3, -0.25) is 4.21 Å². The predicted molar refractivity (Wildman–Crippen MR) is 83.6 cm³/mol. The Kier molecular flexibility index (Phi) is 4.00. The van der Waals surface area contributed by atoms with Crippen LogP contribution in [0.15, 0.2) is 56.5 Å². The van der Waals surface area contributed by atoms with Crippen LogP contribution in [0.3, 0.4) is 0 Å².